The molecule has 4 heteroatoms. The molecule has 1 heterocycles. The molecule has 0 unspecified atom stereocenters. The van der Waals surface area contributed by atoms with Crippen LogP contribution in [0.5, 0.6) is 0 Å². The van der Waals surface area contributed by atoms with E-state index in [4.69, 9.17) is 23.2 Å². The summed E-state index contributed by atoms with van der Waals surface area (Å²) < 4.78 is 0. The second kappa shape index (κ2) is 4.05. The lowest BCUT2D eigenvalue weighted by Gasteiger charge is -2.03. The Morgan fingerprint density at radius 1 is 1.07 bits per heavy atom. The van der Waals surface area contributed by atoms with Crippen LogP contribution in [0.25, 0.3) is 10.9 Å². The van der Waals surface area contributed by atoms with Crippen LogP contribution in [0, 0.1) is 0 Å². The third-order valence-corrected chi connectivity index (χ3v) is 3.16. The van der Waals surface area contributed by atoms with Gasteiger partial charge in [-0.05, 0) is 24.3 Å². The highest BCUT2D eigenvalue weighted by molar-refractivity contribution is 9.08. The monoisotopic (exact) mass is 289 g/mol. The summed E-state index contributed by atoms with van der Waals surface area (Å²) in [5, 5.41) is 2.92. The molecule has 0 saturated heterocycles. The van der Waals surface area contributed by atoms with Crippen LogP contribution >= 0.6 is 39.1 Å². The van der Waals surface area contributed by atoms with Crippen LogP contribution in [0.1, 0.15) is 5.69 Å². The molecule has 0 aliphatic rings. The molecule has 0 fully saturated rings. The average Bonchev–Trinajstić information content (AvgIpc) is 2.23. The lowest BCUT2D eigenvalue weighted by molar-refractivity contribution is 1.24. The third kappa shape index (κ3) is 1.74. The number of pyridine rings is 1. The summed E-state index contributed by atoms with van der Waals surface area (Å²) >= 11 is 15.4. The number of alkyl halides is 1. The molecule has 1 aromatic carbocycles. The van der Waals surface area contributed by atoms with Gasteiger partial charge in [0.1, 0.15) is 0 Å². The molecule has 0 aliphatic heterocycles. The van der Waals surface area contributed by atoms with Gasteiger partial charge in [-0.15, -0.1) is 0 Å². The highest BCUT2D eigenvalue weighted by atomic mass is 79.9. The van der Waals surface area contributed by atoms with Gasteiger partial charge in [0.15, 0.2) is 0 Å². The summed E-state index contributed by atoms with van der Waals surface area (Å²) in [6, 6.07) is 7.41. The van der Waals surface area contributed by atoms with E-state index in [0.717, 1.165) is 16.6 Å². The zero-order valence-corrected chi connectivity index (χ0v) is 10.2. The van der Waals surface area contributed by atoms with Crippen LogP contribution in [0.4, 0.5) is 0 Å². The second-order valence-corrected chi connectivity index (χ2v) is 4.24. The van der Waals surface area contributed by atoms with Crippen molar-refractivity contribution in [2.75, 3.05) is 0 Å². The maximum atomic E-state index is 6.02. The Hall–Kier alpha value is -0.310. The molecular weight excluding hydrogens is 285 g/mol. The van der Waals surface area contributed by atoms with Gasteiger partial charge in [0.05, 0.1) is 21.3 Å². The fourth-order valence-corrected chi connectivity index (χ4v) is 2.00. The summed E-state index contributed by atoms with van der Waals surface area (Å²) in [7, 11) is 0. The van der Waals surface area contributed by atoms with Gasteiger partial charge in [0.2, 0.25) is 0 Å². The SMILES string of the molecule is Clc1ccc(Cl)c2nc(CBr)ccc12. The van der Waals surface area contributed by atoms with Crippen LogP contribution < -0.4 is 0 Å². The molecule has 1 nitrogen and oxygen atoms in total. The van der Waals surface area contributed by atoms with Gasteiger partial charge in [0.25, 0.3) is 0 Å². The minimum Gasteiger partial charge on any atom is -0.250 e. The van der Waals surface area contributed by atoms with E-state index in [2.05, 4.69) is 20.9 Å². The Morgan fingerprint density at radius 3 is 2.50 bits per heavy atom. The lowest BCUT2D eigenvalue weighted by atomic mass is 10.2. The van der Waals surface area contributed by atoms with Crippen molar-refractivity contribution in [2.24, 2.45) is 0 Å². The zero-order valence-electron chi connectivity index (χ0n) is 7.10. The molecule has 1 aromatic heterocycles. The van der Waals surface area contributed by atoms with E-state index < -0.39 is 0 Å². The minimum atomic E-state index is 0.632. The zero-order chi connectivity index (χ0) is 10.1. The smallest absolute Gasteiger partial charge is 0.0906 e. The summed E-state index contributed by atoms with van der Waals surface area (Å²) in [5.41, 5.74) is 1.71. The predicted octanol–water partition coefficient (Wildman–Crippen LogP) is 4.44. The second-order valence-electron chi connectivity index (χ2n) is 2.86. The van der Waals surface area contributed by atoms with Crippen molar-refractivity contribution in [3.8, 4) is 0 Å². The maximum absolute atomic E-state index is 6.02. The number of rotatable bonds is 1. The standard InChI is InChI=1S/C10H6BrCl2N/c11-5-6-1-2-7-8(12)3-4-9(13)10(7)14-6/h1-4H,5H2. The van der Waals surface area contributed by atoms with Gasteiger partial charge in [-0.1, -0.05) is 39.1 Å². The third-order valence-electron chi connectivity index (χ3n) is 1.95. The summed E-state index contributed by atoms with van der Waals surface area (Å²) in [4.78, 5) is 4.39. The van der Waals surface area contributed by atoms with E-state index in [1.165, 1.54) is 0 Å². The maximum Gasteiger partial charge on any atom is 0.0906 e. The number of halogens is 3. The minimum absolute atomic E-state index is 0.632. The van der Waals surface area contributed by atoms with Gasteiger partial charge in [-0.25, -0.2) is 0 Å². The number of nitrogens with zero attached hydrogens (tertiary/aromatic N) is 1. The highest BCUT2D eigenvalue weighted by Gasteiger charge is 2.05. The van der Waals surface area contributed by atoms with Crippen molar-refractivity contribution in [1.29, 1.82) is 0 Å². The molecule has 2 rings (SSSR count). The van der Waals surface area contributed by atoms with Crippen LogP contribution in [0.15, 0.2) is 24.3 Å². The van der Waals surface area contributed by atoms with E-state index in [1.807, 2.05) is 12.1 Å². The van der Waals surface area contributed by atoms with Crippen molar-refractivity contribution in [2.45, 2.75) is 5.33 Å². The van der Waals surface area contributed by atoms with E-state index in [1.54, 1.807) is 12.1 Å². The molecule has 0 N–H and O–H groups in total. The van der Waals surface area contributed by atoms with Crippen LogP contribution in [-0.4, -0.2) is 4.98 Å². The largest absolute Gasteiger partial charge is 0.250 e. The summed E-state index contributed by atoms with van der Waals surface area (Å²) in [5.74, 6) is 0. The van der Waals surface area contributed by atoms with Crippen molar-refractivity contribution in [3.05, 3.63) is 40.0 Å². The van der Waals surface area contributed by atoms with Gasteiger partial charge < -0.3 is 0 Å². The van der Waals surface area contributed by atoms with Gasteiger partial charge in [-0.3, -0.25) is 4.98 Å². The lowest BCUT2D eigenvalue weighted by Crippen LogP contribution is -1.87. The van der Waals surface area contributed by atoms with Crippen LogP contribution in [0.2, 0.25) is 10.0 Å². The number of fused-ring (bicyclic) bond motifs is 1. The molecule has 0 aliphatic carbocycles. The predicted molar refractivity (Wildman–Crippen MR) is 64.4 cm³/mol. The van der Waals surface area contributed by atoms with Crippen molar-refractivity contribution < 1.29 is 0 Å². The van der Waals surface area contributed by atoms with Crippen LogP contribution in [0.3, 0.4) is 0 Å². The summed E-state index contributed by atoms with van der Waals surface area (Å²) in [6.07, 6.45) is 0. The molecule has 2 aromatic rings. The van der Waals surface area contributed by atoms with Gasteiger partial charge in [-0.2, -0.15) is 0 Å². The molecule has 0 bridgehead atoms. The Morgan fingerprint density at radius 2 is 1.79 bits per heavy atom. The fraction of sp³-hybridized carbons (Fsp3) is 0.100. The molecule has 72 valence electrons. The van der Waals surface area contributed by atoms with E-state index in [9.17, 15) is 0 Å². The Labute approximate surface area is 100 Å². The van der Waals surface area contributed by atoms with Crippen LogP contribution in [-0.2, 0) is 5.33 Å². The molecular formula is C10H6BrCl2N. The quantitative estimate of drug-likeness (QED) is 0.708. The average molecular weight is 291 g/mol. The number of benzene rings is 1. The van der Waals surface area contributed by atoms with Crippen molar-refractivity contribution >= 4 is 50.0 Å². The fourth-order valence-electron chi connectivity index (χ4n) is 1.26. The Bertz CT molecular complexity index is 485. The number of hydrogen-bond donors (Lipinski definition) is 0. The number of aromatic nitrogens is 1. The van der Waals surface area contributed by atoms with E-state index >= 15 is 0 Å². The molecule has 0 saturated carbocycles. The normalized spacial score (nSPS) is 10.8. The van der Waals surface area contributed by atoms with Crippen molar-refractivity contribution in [1.82, 2.24) is 4.98 Å². The molecule has 0 atom stereocenters. The highest BCUT2D eigenvalue weighted by Crippen LogP contribution is 2.28. The first-order valence-electron chi connectivity index (χ1n) is 4.02. The topological polar surface area (TPSA) is 12.9 Å². The van der Waals surface area contributed by atoms with E-state index in [-0.39, 0.29) is 0 Å². The molecule has 14 heavy (non-hydrogen) atoms. The number of hydrogen-bond acceptors (Lipinski definition) is 1. The first kappa shape index (κ1) is 10.2. The summed E-state index contributed by atoms with van der Waals surface area (Å²) in [6.45, 7) is 0. The van der Waals surface area contributed by atoms with Gasteiger partial charge in [0, 0.05) is 10.7 Å². The van der Waals surface area contributed by atoms with E-state index in [0.29, 0.717) is 15.4 Å². The molecule has 0 amide bonds. The first-order chi connectivity index (χ1) is 6.72. The van der Waals surface area contributed by atoms with Gasteiger partial charge >= 0.3 is 0 Å². The van der Waals surface area contributed by atoms with Crippen molar-refractivity contribution in [3.63, 3.8) is 0 Å². The Kier molecular flexibility index (Phi) is 2.96. The first-order valence-corrected chi connectivity index (χ1v) is 5.89. The molecule has 0 spiro atoms. The molecule has 0 radical (unpaired) electrons. The Balaban J connectivity index is 2.80.